The van der Waals surface area contributed by atoms with Gasteiger partial charge in [0.1, 0.15) is 25.3 Å². The zero-order valence-corrected chi connectivity index (χ0v) is 10.8. The summed E-state index contributed by atoms with van der Waals surface area (Å²) in [7, 11) is -9.86. The summed E-state index contributed by atoms with van der Waals surface area (Å²) in [6, 6.07) is 0. The number of hydrogen-bond acceptors (Lipinski definition) is 6. The second-order valence-electron chi connectivity index (χ2n) is 1.23. The van der Waals surface area contributed by atoms with E-state index in [0.717, 1.165) is 0 Å². The van der Waals surface area contributed by atoms with Gasteiger partial charge in [0.15, 0.2) is 0 Å². The molecule has 0 aliphatic carbocycles. The van der Waals surface area contributed by atoms with Crippen LogP contribution in [0.2, 0.25) is 0 Å². The molecule has 0 amide bonds. The summed E-state index contributed by atoms with van der Waals surface area (Å²) in [6.45, 7) is 0. The molecule has 0 atom stereocenters. The van der Waals surface area contributed by atoms with Crippen LogP contribution in [-0.4, -0.2) is 79.9 Å². The smallest absolute Gasteiger partial charge is 0.747 e. The molecular weight excluding hydrogens is 309 g/mol. The van der Waals surface area contributed by atoms with Crippen molar-refractivity contribution in [2.75, 3.05) is 5.08 Å². The largest absolute Gasteiger partial charge is 2.00 e. The van der Waals surface area contributed by atoms with E-state index >= 15 is 0 Å². The average molecular weight is 311 g/mol. The van der Waals surface area contributed by atoms with Crippen molar-refractivity contribution < 1.29 is 25.9 Å². The molecule has 0 aromatic rings. The second kappa shape index (κ2) is 4.43. The maximum Gasteiger partial charge on any atom is 2.00 e. The molecular formula is CH2BaO6S2. The fraction of sp³-hybridized carbons (Fsp3) is 1.00. The molecule has 0 aliphatic rings. The molecule has 0 N–H and O–H groups in total. The van der Waals surface area contributed by atoms with E-state index in [4.69, 9.17) is 0 Å². The summed E-state index contributed by atoms with van der Waals surface area (Å²) < 4.78 is 57.1. The Kier molecular flexibility index (Phi) is 6.17. The van der Waals surface area contributed by atoms with E-state index in [0.29, 0.717) is 0 Å². The molecule has 0 radical (unpaired) electrons. The number of hydrogen-bond donors (Lipinski definition) is 0. The minimum atomic E-state index is -4.93. The van der Waals surface area contributed by atoms with E-state index in [1.54, 1.807) is 0 Å². The van der Waals surface area contributed by atoms with E-state index in [2.05, 4.69) is 0 Å². The van der Waals surface area contributed by atoms with Gasteiger partial charge in [0.05, 0.1) is 0 Å². The SMILES string of the molecule is O=S(=O)([O-])CS(=O)(=O)[O-].[Ba+2]. The van der Waals surface area contributed by atoms with Crippen molar-refractivity contribution >= 4 is 69.1 Å². The molecule has 10 heavy (non-hydrogen) atoms. The quantitative estimate of drug-likeness (QED) is 0.417. The molecule has 0 saturated carbocycles. The van der Waals surface area contributed by atoms with Gasteiger partial charge in [-0.3, -0.25) is 0 Å². The molecule has 6 nitrogen and oxygen atoms in total. The first kappa shape index (κ1) is 13.9. The standard InChI is InChI=1S/CH4O6S2.Ba/c2-8(3,4)1-9(5,6)7;/h1H2,(H,2,3,4)(H,5,6,7);/q;+2/p-2. The van der Waals surface area contributed by atoms with Gasteiger partial charge >= 0.3 is 48.9 Å². The molecule has 0 rings (SSSR count). The van der Waals surface area contributed by atoms with E-state index in [-0.39, 0.29) is 48.9 Å². The van der Waals surface area contributed by atoms with Gasteiger partial charge in [0.2, 0.25) is 0 Å². The van der Waals surface area contributed by atoms with E-state index in [1.165, 1.54) is 0 Å². The van der Waals surface area contributed by atoms with Crippen LogP contribution in [0.4, 0.5) is 0 Å². The van der Waals surface area contributed by atoms with Crippen LogP contribution in [-0.2, 0) is 20.2 Å². The summed E-state index contributed by atoms with van der Waals surface area (Å²) in [5, 5.41) is -1.88. The summed E-state index contributed by atoms with van der Waals surface area (Å²) in [5.41, 5.74) is 0. The molecule has 9 heteroatoms. The Morgan fingerprint density at radius 1 is 0.900 bits per heavy atom. The van der Waals surface area contributed by atoms with Crippen LogP contribution in [0, 0.1) is 0 Å². The van der Waals surface area contributed by atoms with E-state index in [9.17, 15) is 25.9 Å². The Labute approximate surface area is 98.6 Å². The molecule has 0 spiro atoms. The van der Waals surface area contributed by atoms with Crippen LogP contribution in [0.1, 0.15) is 0 Å². The Morgan fingerprint density at radius 3 is 1.10 bits per heavy atom. The first-order valence-electron chi connectivity index (χ1n) is 1.58. The molecule has 56 valence electrons. The maximum absolute atomic E-state index is 9.51. The monoisotopic (exact) mass is 312 g/mol. The van der Waals surface area contributed by atoms with Gasteiger partial charge in [-0.05, 0) is 0 Å². The van der Waals surface area contributed by atoms with Crippen molar-refractivity contribution in [3.63, 3.8) is 0 Å². The van der Waals surface area contributed by atoms with Gasteiger partial charge in [-0.25, -0.2) is 16.8 Å². The predicted octanol–water partition coefficient (Wildman–Crippen LogP) is -2.35. The molecule has 0 bridgehead atoms. The molecule has 0 aromatic carbocycles. The van der Waals surface area contributed by atoms with Crippen LogP contribution >= 0.6 is 0 Å². The molecule has 0 aromatic heterocycles. The summed E-state index contributed by atoms with van der Waals surface area (Å²) in [6.07, 6.45) is 0. The molecule has 0 saturated heterocycles. The molecule has 0 unspecified atom stereocenters. The van der Waals surface area contributed by atoms with Gasteiger partial charge in [-0.2, -0.15) is 0 Å². The minimum absolute atomic E-state index is 0. The first-order valence-corrected chi connectivity index (χ1v) is 4.73. The van der Waals surface area contributed by atoms with E-state index < -0.39 is 25.3 Å². The van der Waals surface area contributed by atoms with Crippen LogP contribution in [0.3, 0.4) is 0 Å². The van der Waals surface area contributed by atoms with Crippen molar-refractivity contribution in [3.8, 4) is 0 Å². The van der Waals surface area contributed by atoms with E-state index in [1.807, 2.05) is 0 Å². The van der Waals surface area contributed by atoms with Crippen LogP contribution < -0.4 is 0 Å². The Balaban J connectivity index is 0. The minimum Gasteiger partial charge on any atom is -0.747 e. The third kappa shape index (κ3) is 12.1. The third-order valence-corrected chi connectivity index (χ3v) is 2.60. The van der Waals surface area contributed by atoms with Gasteiger partial charge in [0, 0.05) is 0 Å². The van der Waals surface area contributed by atoms with Crippen LogP contribution in [0.25, 0.3) is 0 Å². The molecule has 0 aliphatic heterocycles. The predicted molar refractivity (Wildman–Crippen MR) is 30.0 cm³/mol. The maximum atomic E-state index is 9.51. The Morgan fingerprint density at radius 2 is 1.10 bits per heavy atom. The molecule has 0 fully saturated rings. The van der Waals surface area contributed by atoms with Crippen molar-refractivity contribution in [1.82, 2.24) is 0 Å². The number of rotatable bonds is 2. The average Bonchev–Trinajstić information content (AvgIpc) is 1.14. The zero-order chi connectivity index (χ0) is 7.71. The topological polar surface area (TPSA) is 114 Å². The normalized spacial score (nSPS) is 12.2. The Bertz CT molecular complexity index is 241. The van der Waals surface area contributed by atoms with Crippen LogP contribution in [0.5, 0.6) is 0 Å². The van der Waals surface area contributed by atoms with Gasteiger partial charge in [0.25, 0.3) is 0 Å². The van der Waals surface area contributed by atoms with Crippen molar-refractivity contribution in [1.29, 1.82) is 0 Å². The summed E-state index contributed by atoms with van der Waals surface area (Å²) >= 11 is 0. The van der Waals surface area contributed by atoms with Crippen LogP contribution in [0.15, 0.2) is 0 Å². The summed E-state index contributed by atoms with van der Waals surface area (Å²) in [5.74, 6) is 0. The van der Waals surface area contributed by atoms with Gasteiger partial charge in [-0.15, -0.1) is 0 Å². The van der Waals surface area contributed by atoms with Crippen molar-refractivity contribution in [2.45, 2.75) is 0 Å². The fourth-order valence-electron chi connectivity index (χ4n) is 0.177. The first-order chi connectivity index (χ1) is 3.71. The molecule has 0 heterocycles. The van der Waals surface area contributed by atoms with Crippen molar-refractivity contribution in [3.05, 3.63) is 0 Å². The van der Waals surface area contributed by atoms with Gasteiger partial charge in [-0.1, -0.05) is 0 Å². The third-order valence-electron chi connectivity index (χ3n) is 0.289. The zero-order valence-electron chi connectivity index (χ0n) is 4.68. The Hall–Kier alpha value is 1.39. The van der Waals surface area contributed by atoms with Crippen molar-refractivity contribution in [2.24, 2.45) is 0 Å². The van der Waals surface area contributed by atoms with Gasteiger partial charge < -0.3 is 9.11 Å². The summed E-state index contributed by atoms with van der Waals surface area (Å²) in [4.78, 5) is 0. The second-order valence-corrected chi connectivity index (χ2v) is 4.41. The fourth-order valence-corrected chi connectivity index (χ4v) is 1.59.